The molecule has 0 fully saturated rings. The van der Waals surface area contributed by atoms with Crippen LogP contribution in [0.15, 0.2) is 42.5 Å². The Bertz CT molecular complexity index is 915. The molecule has 2 aromatic carbocycles. The number of carbonyl (C=O) groups is 1. The van der Waals surface area contributed by atoms with Crippen molar-refractivity contribution in [3.8, 4) is 5.75 Å². The third kappa shape index (κ3) is 4.32. The molecule has 0 saturated heterocycles. The normalized spacial score (nSPS) is 12.3. The van der Waals surface area contributed by atoms with E-state index in [0.717, 1.165) is 22.2 Å². The first-order chi connectivity index (χ1) is 12.1. The fourth-order valence-electron chi connectivity index (χ4n) is 2.57. The van der Waals surface area contributed by atoms with E-state index in [2.05, 4.69) is 5.32 Å². The van der Waals surface area contributed by atoms with E-state index in [1.807, 2.05) is 13.0 Å². The smallest absolute Gasteiger partial charge is 0.248 e. The predicted octanol–water partition coefficient (Wildman–Crippen LogP) is 2.94. The van der Waals surface area contributed by atoms with Crippen molar-refractivity contribution in [2.24, 2.45) is 0 Å². The Morgan fingerprint density at radius 3 is 2.46 bits per heavy atom. The van der Waals surface area contributed by atoms with Gasteiger partial charge in [0.05, 0.1) is 24.7 Å². The lowest BCUT2D eigenvalue weighted by Gasteiger charge is -2.28. The number of nitrogens with zero attached hydrogens (tertiary/aromatic N) is 1. The summed E-state index contributed by atoms with van der Waals surface area (Å²) in [4.78, 5) is 12.7. The van der Waals surface area contributed by atoms with Gasteiger partial charge in [-0.1, -0.05) is 18.2 Å². The van der Waals surface area contributed by atoms with E-state index >= 15 is 0 Å². The number of hydrogen-bond donors (Lipinski definition) is 1. The number of carbonyl (C=O) groups excluding carboxylic acids is 1. The highest BCUT2D eigenvalue weighted by Gasteiger charge is 2.31. The first-order valence-electron chi connectivity index (χ1n) is 7.84. The second-order valence-corrected chi connectivity index (χ2v) is 7.74. The van der Waals surface area contributed by atoms with E-state index in [0.29, 0.717) is 11.4 Å². The second kappa shape index (κ2) is 7.74. The molecule has 1 N–H and O–H groups in total. The van der Waals surface area contributed by atoms with E-state index in [9.17, 15) is 17.6 Å². The fraction of sp³-hybridized carbons (Fsp3) is 0.278. The van der Waals surface area contributed by atoms with Gasteiger partial charge in [-0.25, -0.2) is 12.8 Å². The van der Waals surface area contributed by atoms with Crippen molar-refractivity contribution >= 4 is 27.3 Å². The van der Waals surface area contributed by atoms with Crippen LogP contribution in [-0.2, 0) is 14.8 Å². The highest BCUT2D eigenvalue weighted by atomic mass is 32.2. The zero-order valence-corrected chi connectivity index (χ0v) is 15.8. The average Bonchev–Trinajstić information content (AvgIpc) is 2.55. The molecule has 140 valence electrons. The van der Waals surface area contributed by atoms with Gasteiger partial charge in [0, 0.05) is 0 Å². The molecule has 1 atom stereocenters. The average molecular weight is 380 g/mol. The molecule has 26 heavy (non-hydrogen) atoms. The van der Waals surface area contributed by atoms with Crippen molar-refractivity contribution in [1.29, 1.82) is 0 Å². The molecule has 6 nitrogen and oxygen atoms in total. The highest BCUT2D eigenvalue weighted by molar-refractivity contribution is 7.92. The topological polar surface area (TPSA) is 75.7 Å². The Morgan fingerprint density at radius 2 is 1.88 bits per heavy atom. The number of aryl methyl sites for hydroxylation is 1. The maximum absolute atomic E-state index is 14.1. The van der Waals surface area contributed by atoms with Crippen molar-refractivity contribution in [3.63, 3.8) is 0 Å². The molecule has 0 aliphatic heterocycles. The van der Waals surface area contributed by atoms with Gasteiger partial charge in [0.25, 0.3) is 0 Å². The number of hydrogen-bond acceptors (Lipinski definition) is 4. The van der Waals surface area contributed by atoms with Crippen LogP contribution >= 0.6 is 0 Å². The summed E-state index contributed by atoms with van der Waals surface area (Å²) < 4.78 is 44.5. The highest BCUT2D eigenvalue weighted by Crippen LogP contribution is 2.28. The molecule has 0 heterocycles. The maximum atomic E-state index is 14.1. The van der Waals surface area contributed by atoms with Gasteiger partial charge in [-0.05, 0) is 43.7 Å². The summed E-state index contributed by atoms with van der Waals surface area (Å²) in [5.74, 6) is -0.902. The quantitative estimate of drug-likeness (QED) is 0.836. The Hall–Kier alpha value is -2.61. The van der Waals surface area contributed by atoms with Crippen LogP contribution in [0.3, 0.4) is 0 Å². The largest absolute Gasteiger partial charge is 0.495 e. The van der Waals surface area contributed by atoms with Crippen LogP contribution in [0.4, 0.5) is 15.8 Å². The summed E-state index contributed by atoms with van der Waals surface area (Å²) in [6, 6.07) is 9.45. The third-order valence-electron chi connectivity index (χ3n) is 3.79. The number of sulfonamides is 1. The number of benzene rings is 2. The first-order valence-corrected chi connectivity index (χ1v) is 9.69. The Labute approximate surface area is 152 Å². The van der Waals surface area contributed by atoms with Crippen molar-refractivity contribution in [3.05, 3.63) is 53.8 Å². The van der Waals surface area contributed by atoms with Gasteiger partial charge < -0.3 is 10.1 Å². The molecule has 0 aliphatic rings. The lowest BCUT2D eigenvalue weighted by molar-refractivity contribution is -0.116. The molecule has 0 bridgehead atoms. The lowest BCUT2D eigenvalue weighted by atomic mass is 10.2. The van der Waals surface area contributed by atoms with Crippen LogP contribution in [0.1, 0.15) is 12.5 Å². The number of halogens is 1. The number of amides is 1. The summed E-state index contributed by atoms with van der Waals surface area (Å²) in [6.45, 7) is 3.24. The summed E-state index contributed by atoms with van der Waals surface area (Å²) in [5, 5.41) is 2.65. The minimum Gasteiger partial charge on any atom is -0.495 e. The van der Waals surface area contributed by atoms with Crippen molar-refractivity contribution < 1.29 is 22.3 Å². The zero-order valence-electron chi connectivity index (χ0n) is 15.0. The van der Waals surface area contributed by atoms with Gasteiger partial charge in [0.2, 0.25) is 15.9 Å². The van der Waals surface area contributed by atoms with Gasteiger partial charge >= 0.3 is 0 Å². The van der Waals surface area contributed by atoms with E-state index in [1.54, 1.807) is 12.1 Å². The molecular formula is C18H21FN2O4S. The molecule has 0 saturated carbocycles. The molecule has 1 unspecified atom stereocenters. The molecule has 0 aromatic heterocycles. The Balaban J connectivity index is 2.38. The summed E-state index contributed by atoms with van der Waals surface area (Å²) >= 11 is 0. The minimum atomic E-state index is -3.90. The zero-order chi connectivity index (χ0) is 19.5. The molecule has 0 radical (unpaired) electrons. The Morgan fingerprint density at radius 1 is 1.23 bits per heavy atom. The lowest BCUT2D eigenvalue weighted by Crippen LogP contribution is -2.45. The number of para-hydroxylation sites is 1. The van der Waals surface area contributed by atoms with Crippen molar-refractivity contribution in [1.82, 2.24) is 0 Å². The number of rotatable bonds is 6. The van der Waals surface area contributed by atoms with E-state index in [-0.39, 0.29) is 5.69 Å². The molecular weight excluding hydrogens is 359 g/mol. The standard InChI is InChI=1S/C18H21FN2O4S/c1-12-9-10-17(25-3)15(11-12)20-18(22)13(2)21(26(4,23)24)16-8-6-5-7-14(16)19/h5-11,13H,1-4H3,(H,20,22). The van der Waals surface area contributed by atoms with Gasteiger partial charge in [0.15, 0.2) is 0 Å². The van der Waals surface area contributed by atoms with Gasteiger partial charge in [-0.2, -0.15) is 0 Å². The minimum absolute atomic E-state index is 0.186. The van der Waals surface area contributed by atoms with Crippen molar-refractivity contribution in [2.45, 2.75) is 19.9 Å². The van der Waals surface area contributed by atoms with E-state index in [4.69, 9.17) is 4.74 Å². The summed E-state index contributed by atoms with van der Waals surface area (Å²) in [7, 11) is -2.44. The van der Waals surface area contributed by atoms with Gasteiger partial charge in [-0.15, -0.1) is 0 Å². The summed E-state index contributed by atoms with van der Waals surface area (Å²) in [5.41, 5.74) is 1.11. The molecule has 0 spiro atoms. The molecule has 2 rings (SSSR count). The molecule has 2 aromatic rings. The third-order valence-corrected chi connectivity index (χ3v) is 5.02. The SMILES string of the molecule is COc1ccc(C)cc1NC(=O)C(C)N(c1ccccc1F)S(C)(=O)=O. The van der Waals surface area contributed by atoms with Crippen LogP contribution in [0.5, 0.6) is 5.75 Å². The predicted molar refractivity (Wildman–Crippen MR) is 99.5 cm³/mol. The van der Waals surface area contributed by atoms with Crippen molar-refractivity contribution in [2.75, 3.05) is 23.0 Å². The maximum Gasteiger partial charge on any atom is 0.248 e. The first kappa shape index (κ1) is 19.7. The Kier molecular flexibility index (Phi) is 5.86. The second-order valence-electron chi connectivity index (χ2n) is 5.88. The van der Waals surface area contributed by atoms with Crippen LogP contribution < -0.4 is 14.4 Å². The van der Waals surface area contributed by atoms with Crippen LogP contribution in [-0.4, -0.2) is 33.7 Å². The number of nitrogens with one attached hydrogen (secondary N) is 1. The number of ether oxygens (including phenoxy) is 1. The van der Waals surface area contributed by atoms with Crippen LogP contribution in [0, 0.1) is 12.7 Å². The fourth-order valence-corrected chi connectivity index (χ4v) is 3.74. The van der Waals surface area contributed by atoms with E-state index < -0.39 is 27.8 Å². The molecule has 8 heteroatoms. The van der Waals surface area contributed by atoms with Gasteiger partial charge in [0.1, 0.15) is 17.6 Å². The number of anilines is 2. The monoisotopic (exact) mass is 380 g/mol. The number of methoxy groups -OCH3 is 1. The van der Waals surface area contributed by atoms with Crippen LogP contribution in [0.2, 0.25) is 0 Å². The van der Waals surface area contributed by atoms with Crippen LogP contribution in [0.25, 0.3) is 0 Å². The summed E-state index contributed by atoms with van der Waals surface area (Å²) in [6.07, 6.45) is 0.927. The van der Waals surface area contributed by atoms with E-state index in [1.165, 1.54) is 32.2 Å². The van der Waals surface area contributed by atoms with Gasteiger partial charge in [-0.3, -0.25) is 9.10 Å². The molecule has 0 aliphatic carbocycles. The molecule has 1 amide bonds.